The predicted molar refractivity (Wildman–Crippen MR) is 48.0 cm³/mol. The number of allylic oxidation sites excluding steroid dienone is 4. The van der Waals surface area contributed by atoms with Gasteiger partial charge in [0.25, 0.3) is 5.70 Å². The first-order valence-electron chi connectivity index (χ1n) is 2.91. The van der Waals surface area contributed by atoms with Gasteiger partial charge in [0, 0.05) is 0 Å². The molecule has 0 fully saturated rings. The summed E-state index contributed by atoms with van der Waals surface area (Å²) in [5.74, 6) is 0. The number of hydrogen-bond donors (Lipinski definition) is 0. The molecule has 4 heteroatoms. The average molecular weight is 218 g/mol. The highest BCUT2D eigenvalue weighted by molar-refractivity contribution is 9.11. The Labute approximate surface area is 73.4 Å². The van der Waals surface area contributed by atoms with Gasteiger partial charge in [0.1, 0.15) is 0 Å². The van der Waals surface area contributed by atoms with Crippen molar-refractivity contribution < 1.29 is 4.92 Å². The number of rotatable bonds is 3. The van der Waals surface area contributed by atoms with E-state index in [9.17, 15) is 10.1 Å². The van der Waals surface area contributed by atoms with Crippen molar-refractivity contribution >= 4 is 15.9 Å². The van der Waals surface area contributed by atoms with Gasteiger partial charge in [-0.2, -0.15) is 0 Å². The molecule has 0 aromatic rings. The zero-order chi connectivity index (χ0) is 8.85. The lowest BCUT2D eigenvalue weighted by molar-refractivity contribution is -0.418. The maximum Gasteiger partial charge on any atom is 0.276 e. The van der Waals surface area contributed by atoms with Gasteiger partial charge in [-0.05, 0) is 35.5 Å². The Morgan fingerprint density at radius 3 is 2.64 bits per heavy atom. The summed E-state index contributed by atoms with van der Waals surface area (Å²) >= 11 is 3.01. The Kier molecular flexibility index (Phi) is 4.45. The molecule has 0 aliphatic carbocycles. The molecule has 60 valence electrons. The summed E-state index contributed by atoms with van der Waals surface area (Å²) < 4.78 is 0.389. The number of hydrogen-bond acceptors (Lipinski definition) is 2. The van der Waals surface area contributed by atoms with Gasteiger partial charge in [-0.25, -0.2) is 0 Å². The van der Waals surface area contributed by atoms with Gasteiger partial charge in [-0.3, -0.25) is 10.1 Å². The monoisotopic (exact) mass is 217 g/mol. The zero-order valence-electron chi connectivity index (χ0n) is 6.08. The van der Waals surface area contributed by atoms with Crippen LogP contribution < -0.4 is 0 Å². The standard InChI is InChI=1S/C7H8BrNO2/c1-3-4-5-7(8)6(2)9(10)11/h3-5H,2H2,1H3/b4-3-,7-5+. The van der Waals surface area contributed by atoms with Crippen molar-refractivity contribution in [3.8, 4) is 0 Å². The fourth-order valence-electron chi connectivity index (χ4n) is 0.364. The number of halogens is 1. The smallest absolute Gasteiger partial charge is 0.258 e. The molecule has 0 saturated heterocycles. The zero-order valence-corrected chi connectivity index (χ0v) is 7.67. The molecule has 0 bridgehead atoms. The fourth-order valence-corrected chi connectivity index (χ4v) is 0.662. The molecule has 0 atom stereocenters. The van der Waals surface area contributed by atoms with Crippen LogP contribution in [0, 0.1) is 10.1 Å². The molecule has 0 aromatic heterocycles. The summed E-state index contributed by atoms with van der Waals surface area (Å²) in [7, 11) is 0. The van der Waals surface area contributed by atoms with Crippen LogP contribution in [-0.2, 0) is 0 Å². The predicted octanol–water partition coefficient (Wildman–Crippen LogP) is 2.63. The molecule has 0 amide bonds. The van der Waals surface area contributed by atoms with Crippen molar-refractivity contribution in [2.45, 2.75) is 6.92 Å². The van der Waals surface area contributed by atoms with Crippen molar-refractivity contribution in [2.75, 3.05) is 0 Å². The minimum Gasteiger partial charge on any atom is -0.258 e. The van der Waals surface area contributed by atoms with Crippen LogP contribution >= 0.6 is 15.9 Å². The maximum atomic E-state index is 10.1. The first-order valence-corrected chi connectivity index (χ1v) is 3.71. The minimum atomic E-state index is -0.538. The quantitative estimate of drug-likeness (QED) is 0.415. The van der Waals surface area contributed by atoms with E-state index in [1.54, 1.807) is 18.2 Å². The lowest BCUT2D eigenvalue weighted by Crippen LogP contribution is -1.95. The summed E-state index contributed by atoms with van der Waals surface area (Å²) in [6.45, 7) is 5.08. The first-order chi connectivity index (χ1) is 5.09. The molecule has 0 heterocycles. The molecule has 3 nitrogen and oxygen atoms in total. The Morgan fingerprint density at radius 1 is 1.73 bits per heavy atom. The molecule has 0 rings (SSSR count). The van der Waals surface area contributed by atoms with Crippen LogP contribution in [0.25, 0.3) is 0 Å². The average Bonchev–Trinajstić information content (AvgIpc) is 1.98. The third-order valence-corrected chi connectivity index (χ3v) is 1.65. The molecule has 11 heavy (non-hydrogen) atoms. The molecule has 0 spiro atoms. The van der Waals surface area contributed by atoms with Crippen molar-refractivity contribution in [2.24, 2.45) is 0 Å². The number of nitro groups is 1. The lowest BCUT2D eigenvalue weighted by Gasteiger charge is -1.90. The summed E-state index contributed by atoms with van der Waals surface area (Å²) in [5, 5.41) is 10.1. The molecule has 0 aliphatic rings. The van der Waals surface area contributed by atoms with Crippen LogP contribution in [0.1, 0.15) is 6.92 Å². The third-order valence-electron chi connectivity index (χ3n) is 0.931. The molecule has 0 saturated carbocycles. The van der Waals surface area contributed by atoms with E-state index >= 15 is 0 Å². The Morgan fingerprint density at radius 2 is 2.27 bits per heavy atom. The van der Waals surface area contributed by atoms with Crippen LogP contribution in [0.15, 0.2) is 35.0 Å². The van der Waals surface area contributed by atoms with Gasteiger partial charge in [0.05, 0.1) is 9.41 Å². The van der Waals surface area contributed by atoms with E-state index in [1.807, 2.05) is 6.92 Å². The Bertz CT molecular complexity index is 231. The first kappa shape index (κ1) is 10.1. The second kappa shape index (κ2) is 4.85. The van der Waals surface area contributed by atoms with E-state index in [1.165, 1.54) is 0 Å². The van der Waals surface area contributed by atoms with Crippen LogP contribution in [0.5, 0.6) is 0 Å². The maximum absolute atomic E-state index is 10.1. The second-order valence-electron chi connectivity index (χ2n) is 1.74. The van der Waals surface area contributed by atoms with Gasteiger partial charge in [0.15, 0.2) is 0 Å². The van der Waals surface area contributed by atoms with E-state index < -0.39 is 4.92 Å². The molecule has 0 aliphatic heterocycles. The largest absolute Gasteiger partial charge is 0.276 e. The van der Waals surface area contributed by atoms with Crippen LogP contribution in [0.2, 0.25) is 0 Å². The van der Waals surface area contributed by atoms with Crippen molar-refractivity contribution in [3.05, 3.63) is 45.1 Å². The Hall–Kier alpha value is -0.900. The van der Waals surface area contributed by atoms with Crippen LogP contribution in [-0.4, -0.2) is 4.92 Å². The molecular weight excluding hydrogens is 210 g/mol. The topological polar surface area (TPSA) is 43.1 Å². The lowest BCUT2D eigenvalue weighted by atomic mass is 10.4. The summed E-state index contributed by atoms with van der Waals surface area (Å²) in [6, 6.07) is 0. The van der Waals surface area contributed by atoms with E-state index in [2.05, 4.69) is 22.5 Å². The normalized spacial score (nSPS) is 12.0. The Balaban J connectivity index is 4.36. The van der Waals surface area contributed by atoms with E-state index in [0.717, 1.165) is 0 Å². The summed E-state index contributed by atoms with van der Waals surface area (Å²) in [5.41, 5.74) is -0.136. The molecule has 0 N–H and O–H groups in total. The number of nitrogens with zero attached hydrogens (tertiary/aromatic N) is 1. The highest BCUT2D eigenvalue weighted by atomic mass is 79.9. The van der Waals surface area contributed by atoms with Crippen LogP contribution in [0.3, 0.4) is 0 Å². The molecule has 0 unspecified atom stereocenters. The van der Waals surface area contributed by atoms with Gasteiger partial charge in [-0.1, -0.05) is 12.2 Å². The van der Waals surface area contributed by atoms with Crippen molar-refractivity contribution in [1.29, 1.82) is 0 Å². The van der Waals surface area contributed by atoms with E-state index in [-0.39, 0.29) is 5.70 Å². The third kappa shape index (κ3) is 3.72. The van der Waals surface area contributed by atoms with Crippen LogP contribution in [0.4, 0.5) is 0 Å². The fraction of sp³-hybridized carbons (Fsp3) is 0.143. The van der Waals surface area contributed by atoms with Gasteiger partial charge in [0.2, 0.25) is 0 Å². The summed E-state index contributed by atoms with van der Waals surface area (Å²) in [6.07, 6.45) is 5.04. The van der Waals surface area contributed by atoms with E-state index in [0.29, 0.717) is 4.48 Å². The minimum absolute atomic E-state index is 0.136. The van der Waals surface area contributed by atoms with Crippen molar-refractivity contribution in [1.82, 2.24) is 0 Å². The summed E-state index contributed by atoms with van der Waals surface area (Å²) in [4.78, 5) is 9.58. The van der Waals surface area contributed by atoms with Gasteiger partial charge >= 0.3 is 0 Å². The highest BCUT2D eigenvalue weighted by Gasteiger charge is 2.08. The van der Waals surface area contributed by atoms with Crippen molar-refractivity contribution in [3.63, 3.8) is 0 Å². The molecule has 0 radical (unpaired) electrons. The van der Waals surface area contributed by atoms with Gasteiger partial charge in [-0.15, -0.1) is 0 Å². The SMILES string of the molecule is C=C(/C(Br)=C\C=C/C)[N+](=O)[O-]. The molecule has 0 aromatic carbocycles. The van der Waals surface area contributed by atoms with E-state index in [4.69, 9.17) is 0 Å². The second-order valence-corrected chi connectivity index (χ2v) is 2.60. The highest BCUT2D eigenvalue weighted by Crippen LogP contribution is 2.15. The molecular formula is C7H8BrNO2. The van der Waals surface area contributed by atoms with Gasteiger partial charge < -0.3 is 0 Å².